The molecule has 3 N–H and O–H groups in total. The highest BCUT2D eigenvalue weighted by Gasteiger charge is 2.10. The molecule has 0 aliphatic heterocycles. The lowest BCUT2D eigenvalue weighted by Gasteiger charge is -2.08. The number of carbonyl (C=O) groups excluding carboxylic acids is 1. The van der Waals surface area contributed by atoms with E-state index in [2.05, 4.69) is 5.32 Å². The van der Waals surface area contributed by atoms with Crippen molar-refractivity contribution < 1.29 is 9.18 Å². The van der Waals surface area contributed by atoms with Crippen molar-refractivity contribution >= 4 is 11.6 Å². The first-order chi connectivity index (χ1) is 9.60. The molecular weight excluding hydrogens is 255 g/mol. The monoisotopic (exact) mass is 272 g/mol. The highest BCUT2D eigenvalue weighted by Crippen LogP contribution is 2.15. The molecule has 0 bridgehead atoms. The summed E-state index contributed by atoms with van der Waals surface area (Å²) in [5.41, 5.74) is 8.36. The van der Waals surface area contributed by atoms with Gasteiger partial charge in [0, 0.05) is 11.3 Å². The van der Waals surface area contributed by atoms with Crippen LogP contribution in [-0.4, -0.2) is 12.5 Å². The van der Waals surface area contributed by atoms with Crippen molar-refractivity contribution in [1.29, 1.82) is 0 Å². The molecule has 0 aliphatic rings. The number of amides is 1. The molecule has 0 aromatic heterocycles. The number of carbonyl (C=O) groups is 1. The van der Waals surface area contributed by atoms with Crippen molar-refractivity contribution in [3.8, 4) is 0 Å². The highest BCUT2D eigenvalue weighted by molar-refractivity contribution is 6.05. The van der Waals surface area contributed by atoms with Gasteiger partial charge in [-0.1, -0.05) is 18.2 Å². The lowest BCUT2D eigenvalue weighted by Crippen LogP contribution is -2.13. The van der Waals surface area contributed by atoms with E-state index >= 15 is 0 Å². The second-order valence-corrected chi connectivity index (χ2v) is 4.65. The Morgan fingerprint density at radius 3 is 2.55 bits per heavy atom. The van der Waals surface area contributed by atoms with Gasteiger partial charge in [-0.2, -0.15) is 0 Å². The van der Waals surface area contributed by atoms with Crippen LogP contribution in [0, 0.1) is 12.7 Å². The van der Waals surface area contributed by atoms with Crippen LogP contribution in [0.2, 0.25) is 0 Å². The highest BCUT2D eigenvalue weighted by atomic mass is 19.1. The van der Waals surface area contributed by atoms with Crippen molar-refractivity contribution in [1.82, 2.24) is 0 Å². The summed E-state index contributed by atoms with van der Waals surface area (Å²) in [4.78, 5) is 12.1. The Kier molecular flexibility index (Phi) is 4.48. The van der Waals surface area contributed by atoms with Crippen LogP contribution >= 0.6 is 0 Å². The summed E-state index contributed by atoms with van der Waals surface area (Å²) in [7, 11) is 0. The normalized spacial score (nSPS) is 10.3. The van der Waals surface area contributed by atoms with Crippen LogP contribution in [0.3, 0.4) is 0 Å². The first kappa shape index (κ1) is 14.2. The summed E-state index contributed by atoms with van der Waals surface area (Å²) in [6.45, 7) is 2.37. The van der Waals surface area contributed by atoms with Gasteiger partial charge in [0.25, 0.3) is 5.91 Å². The molecule has 0 radical (unpaired) electrons. The minimum atomic E-state index is -0.418. The number of hydrogen-bond acceptors (Lipinski definition) is 2. The van der Waals surface area contributed by atoms with E-state index in [1.807, 2.05) is 24.3 Å². The largest absolute Gasteiger partial charge is 0.330 e. The van der Waals surface area contributed by atoms with Crippen molar-refractivity contribution in [3.63, 3.8) is 0 Å². The second kappa shape index (κ2) is 6.30. The average molecular weight is 272 g/mol. The molecule has 3 nitrogen and oxygen atoms in total. The van der Waals surface area contributed by atoms with Gasteiger partial charge in [0.2, 0.25) is 0 Å². The summed E-state index contributed by atoms with van der Waals surface area (Å²) in [5.74, 6) is -0.729. The van der Waals surface area contributed by atoms with E-state index in [1.165, 1.54) is 12.1 Å². The third kappa shape index (κ3) is 3.42. The van der Waals surface area contributed by atoms with Gasteiger partial charge in [-0.25, -0.2) is 4.39 Å². The van der Waals surface area contributed by atoms with Gasteiger partial charge in [-0.3, -0.25) is 4.79 Å². The third-order valence-corrected chi connectivity index (χ3v) is 3.09. The number of aryl methyl sites for hydroxylation is 1. The molecule has 0 saturated carbocycles. The average Bonchev–Trinajstić information content (AvgIpc) is 2.44. The van der Waals surface area contributed by atoms with E-state index in [0.29, 0.717) is 17.8 Å². The summed E-state index contributed by atoms with van der Waals surface area (Å²) < 4.78 is 13.2. The van der Waals surface area contributed by atoms with Crippen LogP contribution in [0.5, 0.6) is 0 Å². The van der Waals surface area contributed by atoms with Crippen LogP contribution in [0.4, 0.5) is 10.1 Å². The third-order valence-electron chi connectivity index (χ3n) is 3.09. The molecule has 2 aromatic rings. The maximum Gasteiger partial charge on any atom is 0.256 e. The van der Waals surface area contributed by atoms with Crippen molar-refractivity contribution in [3.05, 3.63) is 65.0 Å². The van der Waals surface area contributed by atoms with E-state index in [4.69, 9.17) is 5.73 Å². The fourth-order valence-corrected chi connectivity index (χ4v) is 1.96. The zero-order valence-electron chi connectivity index (χ0n) is 11.3. The molecule has 0 fully saturated rings. The smallest absolute Gasteiger partial charge is 0.256 e. The number of rotatable bonds is 4. The first-order valence-corrected chi connectivity index (χ1v) is 6.46. The minimum absolute atomic E-state index is 0.312. The van der Waals surface area contributed by atoms with Crippen molar-refractivity contribution in [2.45, 2.75) is 13.3 Å². The van der Waals surface area contributed by atoms with Gasteiger partial charge < -0.3 is 11.1 Å². The molecule has 2 rings (SSSR count). The van der Waals surface area contributed by atoms with Gasteiger partial charge in [-0.15, -0.1) is 0 Å². The minimum Gasteiger partial charge on any atom is -0.330 e. The summed E-state index contributed by atoms with van der Waals surface area (Å²) >= 11 is 0. The number of halogens is 1. The standard InChI is InChI=1S/C16H17FN2O/c1-11-2-5-13(17)10-15(11)16(20)19-14-6-3-12(4-7-14)8-9-18/h2-7,10H,8-9,18H2,1H3,(H,19,20). The fourth-order valence-electron chi connectivity index (χ4n) is 1.96. The SMILES string of the molecule is Cc1ccc(F)cc1C(=O)Nc1ccc(CCN)cc1. The molecule has 0 unspecified atom stereocenters. The van der Waals surface area contributed by atoms with E-state index in [9.17, 15) is 9.18 Å². The van der Waals surface area contributed by atoms with Crippen molar-refractivity contribution in [2.24, 2.45) is 5.73 Å². The van der Waals surface area contributed by atoms with Gasteiger partial charge in [0.15, 0.2) is 0 Å². The van der Waals surface area contributed by atoms with E-state index < -0.39 is 5.82 Å². The molecule has 0 spiro atoms. The van der Waals surface area contributed by atoms with E-state index in [-0.39, 0.29) is 5.91 Å². The number of hydrogen-bond donors (Lipinski definition) is 2. The first-order valence-electron chi connectivity index (χ1n) is 6.46. The molecular formula is C16H17FN2O. The molecule has 2 aromatic carbocycles. The molecule has 20 heavy (non-hydrogen) atoms. The van der Waals surface area contributed by atoms with Gasteiger partial charge >= 0.3 is 0 Å². The van der Waals surface area contributed by atoms with Crippen LogP contribution in [-0.2, 0) is 6.42 Å². The van der Waals surface area contributed by atoms with E-state index in [0.717, 1.165) is 17.5 Å². The van der Waals surface area contributed by atoms with Crippen molar-refractivity contribution in [2.75, 3.05) is 11.9 Å². The van der Waals surface area contributed by atoms with Crippen LogP contribution in [0.1, 0.15) is 21.5 Å². The Balaban J connectivity index is 2.13. The Labute approximate surface area is 117 Å². The maximum atomic E-state index is 13.2. The predicted octanol–water partition coefficient (Wildman–Crippen LogP) is 2.89. The zero-order chi connectivity index (χ0) is 14.5. The molecule has 0 saturated heterocycles. The quantitative estimate of drug-likeness (QED) is 0.899. The zero-order valence-corrected chi connectivity index (χ0v) is 11.3. The van der Waals surface area contributed by atoms with Gasteiger partial charge in [0.05, 0.1) is 0 Å². The van der Waals surface area contributed by atoms with E-state index in [1.54, 1.807) is 13.0 Å². The molecule has 0 heterocycles. The Bertz CT molecular complexity index is 608. The molecule has 4 heteroatoms. The number of nitrogens with one attached hydrogen (secondary N) is 1. The Morgan fingerprint density at radius 1 is 1.20 bits per heavy atom. The van der Waals surface area contributed by atoms with Crippen LogP contribution in [0.15, 0.2) is 42.5 Å². The van der Waals surface area contributed by atoms with Gasteiger partial charge in [0.1, 0.15) is 5.82 Å². The number of nitrogens with two attached hydrogens (primary N) is 1. The number of anilines is 1. The fraction of sp³-hybridized carbons (Fsp3) is 0.188. The molecule has 0 aliphatic carbocycles. The molecule has 1 amide bonds. The predicted molar refractivity (Wildman–Crippen MR) is 78.3 cm³/mol. The summed E-state index contributed by atoms with van der Waals surface area (Å²) in [6.07, 6.45) is 0.803. The number of benzene rings is 2. The second-order valence-electron chi connectivity index (χ2n) is 4.65. The molecule has 0 atom stereocenters. The van der Waals surface area contributed by atoms with Crippen LogP contribution in [0.25, 0.3) is 0 Å². The summed E-state index contributed by atoms with van der Waals surface area (Å²) in [5, 5.41) is 2.76. The topological polar surface area (TPSA) is 55.1 Å². The lowest BCUT2D eigenvalue weighted by molar-refractivity contribution is 0.102. The maximum absolute atomic E-state index is 13.2. The Morgan fingerprint density at radius 2 is 1.90 bits per heavy atom. The molecule has 104 valence electrons. The lowest BCUT2D eigenvalue weighted by atomic mass is 10.1. The van der Waals surface area contributed by atoms with Gasteiger partial charge in [-0.05, 0) is 55.3 Å². The van der Waals surface area contributed by atoms with Crippen LogP contribution < -0.4 is 11.1 Å². The summed E-state index contributed by atoms with van der Waals surface area (Å²) in [6, 6.07) is 11.6. The Hall–Kier alpha value is -2.20.